The first-order chi connectivity index (χ1) is 10.1. The number of halogens is 1. The lowest BCUT2D eigenvalue weighted by Gasteiger charge is -2.01. The molecule has 0 bridgehead atoms. The van der Waals surface area contributed by atoms with E-state index in [9.17, 15) is 9.90 Å². The molecule has 0 saturated carbocycles. The van der Waals surface area contributed by atoms with Gasteiger partial charge in [0.05, 0.1) is 9.91 Å². The molecule has 0 aliphatic carbocycles. The fraction of sp³-hybridized carbons (Fsp3) is 0. The van der Waals surface area contributed by atoms with Gasteiger partial charge in [-0.1, -0.05) is 29.8 Å². The van der Waals surface area contributed by atoms with Crippen LogP contribution in [0, 0.1) is 11.3 Å². The Kier molecular flexibility index (Phi) is 4.94. The van der Waals surface area contributed by atoms with Crippen molar-refractivity contribution < 1.29 is 9.90 Å². The first-order valence-electron chi connectivity index (χ1n) is 5.97. The highest BCUT2D eigenvalue weighted by Crippen LogP contribution is 2.27. The molecule has 2 aromatic rings. The number of nitrogens with zero attached hydrogens (tertiary/aromatic N) is 1. The number of hydrogen-bond acceptors (Lipinski definition) is 4. The van der Waals surface area contributed by atoms with Crippen LogP contribution >= 0.6 is 22.9 Å². The summed E-state index contributed by atoms with van der Waals surface area (Å²) in [5, 5.41) is 20.8. The number of carbonyl (C=O) groups is 1. The maximum absolute atomic E-state index is 12.1. The Morgan fingerprint density at radius 3 is 2.62 bits per heavy atom. The van der Waals surface area contributed by atoms with Gasteiger partial charge in [0.25, 0.3) is 0 Å². The Labute approximate surface area is 131 Å². The molecule has 1 N–H and O–H groups in total. The Hall–Kier alpha value is -2.35. The van der Waals surface area contributed by atoms with E-state index >= 15 is 0 Å². The fourth-order valence-corrected chi connectivity index (χ4v) is 2.53. The molecular weight excluding hydrogens is 306 g/mol. The molecule has 0 fully saturated rings. The predicted molar refractivity (Wildman–Crippen MR) is 84.3 cm³/mol. The van der Waals surface area contributed by atoms with Crippen molar-refractivity contribution in [1.82, 2.24) is 0 Å². The maximum Gasteiger partial charge on any atom is 0.213 e. The molecule has 0 aliphatic rings. The standard InChI is InChI=1S/C16H10ClNO2S/c17-13(12-4-1-2-5-14(12)19)8-7-11(10-18)16(20)15-6-3-9-21-15/h1-9,19H/b11-7-,13-8+. The van der Waals surface area contributed by atoms with Gasteiger partial charge in [-0.05, 0) is 35.7 Å². The molecule has 2 rings (SSSR count). The zero-order chi connectivity index (χ0) is 15.2. The van der Waals surface area contributed by atoms with E-state index in [1.54, 1.807) is 35.7 Å². The SMILES string of the molecule is N#C/C(=C/C=C(/Cl)c1ccccc1O)C(=O)c1cccs1. The van der Waals surface area contributed by atoms with E-state index in [0.717, 1.165) is 0 Å². The van der Waals surface area contributed by atoms with Gasteiger partial charge in [0.2, 0.25) is 5.78 Å². The van der Waals surface area contributed by atoms with Crippen LogP contribution in [0.15, 0.2) is 59.5 Å². The van der Waals surface area contributed by atoms with Crippen LogP contribution in [0.3, 0.4) is 0 Å². The summed E-state index contributed by atoms with van der Waals surface area (Å²) in [6, 6.07) is 11.8. The highest BCUT2D eigenvalue weighted by atomic mass is 35.5. The summed E-state index contributed by atoms with van der Waals surface area (Å²) < 4.78 is 0. The van der Waals surface area contributed by atoms with Crippen LogP contribution in [0.25, 0.3) is 5.03 Å². The van der Waals surface area contributed by atoms with E-state index in [2.05, 4.69) is 0 Å². The minimum atomic E-state index is -0.342. The summed E-state index contributed by atoms with van der Waals surface area (Å²) in [6.45, 7) is 0. The van der Waals surface area contributed by atoms with Crippen molar-refractivity contribution >= 4 is 33.8 Å². The van der Waals surface area contributed by atoms with Gasteiger partial charge in [0.15, 0.2) is 0 Å². The number of phenolic OH excluding ortho intramolecular Hbond substituents is 1. The number of ketones is 1. The van der Waals surface area contributed by atoms with Crippen LogP contribution < -0.4 is 0 Å². The summed E-state index contributed by atoms with van der Waals surface area (Å²) in [7, 11) is 0. The second-order valence-corrected chi connectivity index (χ2v) is 5.39. The van der Waals surface area contributed by atoms with Crippen molar-refractivity contribution in [2.75, 3.05) is 0 Å². The van der Waals surface area contributed by atoms with Gasteiger partial charge in [0, 0.05) is 5.56 Å². The lowest BCUT2D eigenvalue weighted by molar-refractivity contribution is 0.104. The highest BCUT2D eigenvalue weighted by Gasteiger charge is 2.12. The number of aromatic hydroxyl groups is 1. The van der Waals surface area contributed by atoms with Crippen LogP contribution in [0.4, 0.5) is 0 Å². The number of Topliss-reactive ketones (excluding diaryl/α,β-unsaturated/α-hetero) is 1. The summed E-state index contributed by atoms with van der Waals surface area (Å²) >= 11 is 7.35. The molecule has 3 nitrogen and oxygen atoms in total. The largest absolute Gasteiger partial charge is 0.507 e. The topological polar surface area (TPSA) is 61.1 Å². The molecule has 0 unspecified atom stereocenters. The zero-order valence-corrected chi connectivity index (χ0v) is 12.4. The number of hydrogen-bond donors (Lipinski definition) is 1. The van der Waals surface area contributed by atoms with Gasteiger partial charge in [-0.25, -0.2) is 0 Å². The number of allylic oxidation sites excluding steroid dienone is 3. The lowest BCUT2D eigenvalue weighted by atomic mass is 10.1. The number of phenols is 1. The third-order valence-electron chi connectivity index (χ3n) is 2.67. The Balaban J connectivity index is 2.30. The van der Waals surface area contributed by atoms with Crippen LogP contribution in [0.2, 0.25) is 0 Å². The minimum absolute atomic E-state index is 0.00831. The van der Waals surface area contributed by atoms with Crippen molar-refractivity contribution in [3.8, 4) is 11.8 Å². The van der Waals surface area contributed by atoms with Gasteiger partial charge in [-0.3, -0.25) is 4.79 Å². The summed E-state index contributed by atoms with van der Waals surface area (Å²) in [4.78, 5) is 12.5. The van der Waals surface area contributed by atoms with Gasteiger partial charge in [0.1, 0.15) is 17.4 Å². The molecule has 1 aromatic heterocycles. The second kappa shape index (κ2) is 6.89. The zero-order valence-electron chi connectivity index (χ0n) is 10.8. The molecule has 21 heavy (non-hydrogen) atoms. The minimum Gasteiger partial charge on any atom is -0.507 e. The van der Waals surface area contributed by atoms with Crippen molar-refractivity contribution in [2.45, 2.75) is 0 Å². The lowest BCUT2D eigenvalue weighted by Crippen LogP contribution is -1.98. The summed E-state index contributed by atoms with van der Waals surface area (Å²) in [5.74, 6) is -0.305. The predicted octanol–water partition coefficient (Wildman–Crippen LogP) is 4.37. The molecule has 1 heterocycles. The fourth-order valence-electron chi connectivity index (χ4n) is 1.63. The van der Waals surface area contributed by atoms with E-state index < -0.39 is 0 Å². The summed E-state index contributed by atoms with van der Waals surface area (Å²) in [5.41, 5.74) is 0.433. The van der Waals surface area contributed by atoms with E-state index in [1.165, 1.54) is 29.6 Å². The summed E-state index contributed by atoms with van der Waals surface area (Å²) in [6.07, 6.45) is 2.79. The van der Waals surface area contributed by atoms with E-state index in [0.29, 0.717) is 10.4 Å². The first-order valence-corrected chi connectivity index (χ1v) is 7.23. The average Bonchev–Trinajstić information content (AvgIpc) is 3.02. The second-order valence-electron chi connectivity index (χ2n) is 4.03. The molecular formula is C16H10ClNO2S. The van der Waals surface area contributed by atoms with Crippen molar-refractivity contribution in [1.29, 1.82) is 5.26 Å². The normalized spacial score (nSPS) is 12.0. The molecule has 0 atom stereocenters. The third kappa shape index (κ3) is 3.60. The molecule has 5 heteroatoms. The smallest absolute Gasteiger partial charge is 0.213 e. The van der Waals surface area contributed by atoms with Gasteiger partial charge < -0.3 is 5.11 Å². The van der Waals surface area contributed by atoms with Gasteiger partial charge >= 0.3 is 0 Å². The molecule has 0 aliphatic heterocycles. The van der Waals surface area contributed by atoms with Crippen LogP contribution in [-0.4, -0.2) is 10.9 Å². The Morgan fingerprint density at radius 2 is 2.00 bits per heavy atom. The molecule has 0 amide bonds. The van der Waals surface area contributed by atoms with Crippen molar-refractivity contribution in [3.05, 3.63) is 69.9 Å². The molecule has 0 spiro atoms. The Bertz CT molecular complexity index is 755. The molecule has 0 saturated heterocycles. The third-order valence-corrected chi connectivity index (χ3v) is 3.87. The van der Waals surface area contributed by atoms with E-state index in [1.807, 2.05) is 6.07 Å². The number of nitriles is 1. The highest BCUT2D eigenvalue weighted by molar-refractivity contribution is 7.12. The van der Waals surface area contributed by atoms with Crippen molar-refractivity contribution in [3.63, 3.8) is 0 Å². The molecule has 0 radical (unpaired) electrons. The monoisotopic (exact) mass is 315 g/mol. The van der Waals surface area contributed by atoms with E-state index in [4.69, 9.17) is 16.9 Å². The maximum atomic E-state index is 12.1. The van der Waals surface area contributed by atoms with Gasteiger partial charge in [-0.2, -0.15) is 5.26 Å². The van der Waals surface area contributed by atoms with Crippen molar-refractivity contribution in [2.24, 2.45) is 0 Å². The van der Waals surface area contributed by atoms with Crippen LogP contribution in [-0.2, 0) is 0 Å². The molecule has 104 valence electrons. The number of benzene rings is 1. The number of carbonyl (C=O) groups excluding carboxylic acids is 1. The average molecular weight is 316 g/mol. The number of rotatable bonds is 4. The number of para-hydroxylation sites is 1. The quantitative estimate of drug-likeness (QED) is 0.394. The Morgan fingerprint density at radius 1 is 1.24 bits per heavy atom. The van der Waals surface area contributed by atoms with Crippen LogP contribution in [0.1, 0.15) is 15.2 Å². The number of thiophene rings is 1. The van der Waals surface area contributed by atoms with Crippen LogP contribution in [0.5, 0.6) is 5.75 Å². The molecule has 1 aromatic carbocycles. The van der Waals surface area contributed by atoms with Gasteiger partial charge in [-0.15, -0.1) is 11.3 Å². The van der Waals surface area contributed by atoms with E-state index in [-0.39, 0.29) is 22.1 Å². The first kappa shape index (κ1) is 15.0.